The predicted octanol–water partition coefficient (Wildman–Crippen LogP) is 4.46. The molecule has 2 aromatic rings. The van der Waals surface area contributed by atoms with Gasteiger partial charge in [0.05, 0.1) is 16.2 Å². The summed E-state index contributed by atoms with van der Waals surface area (Å²) in [5, 5.41) is 24.3. The summed E-state index contributed by atoms with van der Waals surface area (Å²) < 4.78 is 68.2. The second-order valence-corrected chi connectivity index (χ2v) is 6.34. The molecule has 156 valence electrons. The molecule has 7 nitrogen and oxygen atoms in total. The molecule has 0 spiro atoms. The maximum absolute atomic E-state index is 14.0. The van der Waals surface area contributed by atoms with Gasteiger partial charge in [0.1, 0.15) is 5.69 Å². The van der Waals surface area contributed by atoms with Gasteiger partial charge < -0.3 is 5.11 Å². The Labute approximate surface area is 168 Å². The quantitative estimate of drug-likeness (QED) is 0.188. The zero-order chi connectivity index (χ0) is 22.5. The zero-order valence-electron chi connectivity index (χ0n) is 14.5. The highest BCUT2D eigenvalue weighted by Crippen LogP contribution is 2.37. The van der Waals surface area contributed by atoms with E-state index in [1.165, 1.54) is 6.92 Å². The van der Waals surface area contributed by atoms with Gasteiger partial charge in [-0.2, -0.15) is 10.1 Å². The number of carbonyl (C=O) groups excluding carboxylic acids is 1. The fraction of sp³-hybridized carbons (Fsp3) is 0.0588. The van der Waals surface area contributed by atoms with Crippen LogP contribution in [0.25, 0.3) is 6.08 Å². The summed E-state index contributed by atoms with van der Waals surface area (Å²) in [6.07, 6.45) is 0.876. The molecule has 1 aliphatic rings. The van der Waals surface area contributed by atoms with E-state index in [9.17, 15) is 42.0 Å². The number of rotatable bonds is 3. The van der Waals surface area contributed by atoms with Crippen LogP contribution in [0.5, 0.6) is 5.75 Å². The van der Waals surface area contributed by atoms with Gasteiger partial charge in [-0.15, -0.1) is 0 Å². The number of phenols is 1. The van der Waals surface area contributed by atoms with Crippen molar-refractivity contribution in [2.24, 2.45) is 5.10 Å². The topological polar surface area (TPSA) is 96.0 Å². The van der Waals surface area contributed by atoms with E-state index < -0.39 is 62.6 Å². The SMILES string of the molecule is CC1=NN(c2c(F)c(F)c(F)c(F)c2F)C(=O)/C1=C/c1cc(Cl)cc([N+](=O)[O-])c1O. The molecule has 0 radical (unpaired) electrons. The molecule has 0 atom stereocenters. The summed E-state index contributed by atoms with van der Waals surface area (Å²) in [6, 6.07) is 1.90. The van der Waals surface area contributed by atoms with Crippen LogP contribution in [-0.2, 0) is 4.79 Å². The van der Waals surface area contributed by atoms with Gasteiger partial charge in [0.15, 0.2) is 23.3 Å². The second-order valence-electron chi connectivity index (χ2n) is 5.90. The minimum Gasteiger partial charge on any atom is -0.502 e. The van der Waals surface area contributed by atoms with Crippen molar-refractivity contribution in [2.75, 3.05) is 5.01 Å². The molecule has 2 aromatic carbocycles. The number of hydrogen-bond donors (Lipinski definition) is 1. The van der Waals surface area contributed by atoms with Crippen molar-refractivity contribution in [3.63, 3.8) is 0 Å². The van der Waals surface area contributed by atoms with Gasteiger partial charge in [-0.05, 0) is 19.1 Å². The van der Waals surface area contributed by atoms with Crippen LogP contribution in [0.1, 0.15) is 12.5 Å². The monoisotopic (exact) mass is 447 g/mol. The number of nitro benzene ring substituents is 1. The molecule has 1 amide bonds. The smallest absolute Gasteiger partial charge is 0.312 e. The third-order valence-corrected chi connectivity index (χ3v) is 4.26. The maximum Gasteiger partial charge on any atom is 0.312 e. The summed E-state index contributed by atoms with van der Waals surface area (Å²) in [4.78, 5) is 22.6. The Hall–Kier alpha value is -3.54. The largest absolute Gasteiger partial charge is 0.502 e. The third kappa shape index (κ3) is 3.24. The minimum absolute atomic E-state index is 0.0343. The van der Waals surface area contributed by atoms with Gasteiger partial charge >= 0.3 is 5.69 Å². The Bertz CT molecular complexity index is 1170. The lowest BCUT2D eigenvalue weighted by Gasteiger charge is -2.15. The van der Waals surface area contributed by atoms with Crippen LogP contribution < -0.4 is 5.01 Å². The normalized spacial score (nSPS) is 15.2. The van der Waals surface area contributed by atoms with E-state index in [2.05, 4.69) is 5.10 Å². The van der Waals surface area contributed by atoms with Gasteiger partial charge in [-0.1, -0.05) is 11.6 Å². The van der Waals surface area contributed by atoms with Gasteiger partial charge in [0, 0.05) is 16.7 Å². The number of carbonyl (C=O) groups is 1. The van der Waals surface area contributed by atoms with Crippen LogP contribution >= 0.6 is 11.6 Å². The van der Waals surface area contributed by atoms with Crippen molar-refractivity contribution < 1.29 is 36.8 Å². The zero-order valence-corrected chi connectivity index (χ0v) is 15.3. The van der Waals surface area contributed by atoms with Gasteiger partial charge in [0.25, 0.3) is 5.91 Å². The number of hydrazone groups is 1. The fourth-order valence-electron chi connectivity index (χ4n) is 2.63. The maximum atomic E-state index is 14.0. The van der Waals surface area contributed by atoms with Gasteiger partial charge in [0.2, 0.25) is 11.6 Å². The molecule has 0 unspecified atom stereocenters. The first kappa shape index (κ1) is 21.2. The molecule has 1 N–H and O–H groups in total. The van der Waals surface area contributed by atoms with E-state index in [1.54, 1.807) is 0 Å². The first-order chi connectivity index (χ1) is 14.0. The van der Waals surface area contributed by atoms with Gasteiger partial charge in [-0.25, -0.2) is 22.0 Å². The lowest BCUT2D eigenvalue weighted by atomic mass is 10.1. The van der Waals surface area contributed by atoms with Crippen molar-refractivity contribution in [2.45, 2.75) is 6.92 Å². The van der Waals surface area contributed by atoms with Crippen molar-refractivity contribution >= 4 is 40.7 Å². The number of aromatic hydroxyl groups is 1. The van der Waals surface area contributed by atoms with E-state index in [0.29, 0.717) is 0 Å². The van der Waals surface area contributed by atoms with Crippen LogP contribution in [-0.4, -0.2) is 21.6 Å². The molecule has 30 heavy (non-hydrogen) atoms. The van der Waals surface area contributed by atoms with Crippen molar-refractivity contribution in [1.82, 2.24) is 0 Å². The molecule has 0 fully saturated rings. The molecule has 1 heterocycles. The standard InChI is InChI=1S/C17H7ClF5N3O4/c1-5-8(3-6-2-7(18)4-9(16(6)27)26(29)30)17(28)25(24-5)15-13(22)11(20)10(19)12(21)14(15)23/h2-4,27H,1H3/b8-3+. The molecular weight excluding hydrogens is 441 g/mol. The Morgan fingerprint density at radius 1 is 1.10 bits per heavy atom. The average molecular weight is 448 g/mol. The number of benzene rings is 2. The summed E-state index contributed by atoms with van der Waals surface area (Å²) in [6.45, 7) is 1.17. The Balaban J connectivity index is 2.15. The lowest BCUT2D eigenvalue weighted by molar-refractivity contribution is -0.385. The van der Waals surface area contributed by atoms with Crippen molar-refractivity contribution in [3.8, 4) is 5.75 Å². The van der Waals surface area contributed by atoms with E-state index in [0.717, 1.165) is 18.2 Å². The molecular formula is C17H7ClF5N3O4. The first-order valence-electron chi connectivity index (χ1n) is 7.75. The number of halogens is 6. The number of hydrogen-bond acceptors (Lipinski definition) is 5. The molecule has 0 aromatic heterocycles. The number of anilines is 1. The third-order valence-electron chi connectivity index (χ3n) is 4.04. The number of amides is 1. The van der Waals surface area contributed by atoms with Crippen molar-refractivity contribution in [3.05, 3.63) is 67.5 Å². The molecule has 3 rings (SSSR count). The summed E-state index contributed by atoms with van der Waals surface area (Å²) in [5.74, 6) is -13.7. The van der Waals surface area contributed by atoms with Crippen LogP contribution in [0.15, 0.2) is 22.8 Å². The summed E-state index contributed by atoms with van der Waals surface area (Å²) >= 11 is 5.75. The number of nitro groups is 1. The predicted molar refractivity (Wildman–Crippen MR) is 94.6 cm³/mol. The van der Waals surface area contributed by atoms with Crippen LogP contribution in [0.4, 0.5) is 33.3 Å². The van der Waals surface area contributed by atoms with E-state index in [-0.39, 0.29) is 21.3 Å². The fourth-order valence-corrected chi connectivity index (χ4v) is 2.85. The highest BCUT2D eigenvalue weighted by molar-refractivity contribution is 6.33. The van der Waals surface area contributed by atoms with Crippen molar-refractivity contribution in [1.29, 1.82) is 0 Å². The first-order valence-corrected chi connectivity index (χ1v) is 8.13. The molecule has 0 aliphatic carbocycles. The summed E-state index contributed by atoms with van der Waals surface area (Å²) in [5.41, 5.74) is -3.37. The van der Waals surface area contributed by atoms with Crippen LogP contribution in [0.2, 0.25) is 5.02 Å². The van der Waals surface area contributed by atoms with Crippen LogP contribution in [0.3, 0.4) is 0 Å². The van der Waals surface area contributed by atoms with E-state index in [4.69, 9.17) is 11.6 Å². The number of nitrogens with zero attached hydrogens (tertiary/aromatic N) is 3. The molecule has 0 saturated carbocycles. The van der Waals surface area contributed by atoms with Crippen LogP contribution in [0, 0.1) is 39.2 Å². The minimum atomic E-state index is -2.41. The molecule has 0 bridgehead atoms. The number of phenolic OH excluding ortho intramolecular Hbond substituents is 1. The molecule has 13 heteroatoms. The Kier molecular flexibility index (Phi) is 5.20. The Morgan fingerprint density at radius 3 is 2.17 bits per heavy atom. The molecule has 0 saturated heterocycles. The second kappa shape index (κ2) is 7.37. The van der Waals surface area contributed by atoms with E-state index >= 15 is 0 Å². The highest BCUT2D eigenvalue weighted by Gasteiger charge is 2.37. The molecule has 1 aliphatic heterocycles. The Morgan fingerprint density at radius 2 is 1.63 bits per heavy atom. The average Bonchev–Trinajstić information content (AvgIpc) is 2.95. The summed E-state index contributed by atoms with van der Waals surface area (Å²) in [7, 11) is 0. The highest BCUT2D eigenvalue weighted by atomic mass is 35.5. The van der Waals surface area contributed by atoms with E-state index in [1.807, 2.05) is 0 Å². The lowest BCUT2D eigenvalue weighted by Crippen LogP contribution is -2.25. The van der Waals surface area contributed by atoms with Gasteiger partial charge in [-0.3, -0.25) is 14.9 Å².